The summed E-state index contributed by atoms with van der Waals surface area (Å²) in [5.41, 5.74) is 2.78. The van der Waals surface area contributed by atoms with Crippen LogP contribution in [0, 0.1) is 0 Å². The molecule has 0 bridgehead atoms. The van der Waals surface area contributed by atoms with Crippen molar-refractivity contribution in [3.8, 4) is 11.5 Å². The second-order valence-corrected chi connectivity index (χ2v) is 8.43. The second kappa shape index (κ2) is 9.31. The smallest absolute Gasteiger partial charge is 0.251 e. The third kappa shape index (κ3) is 5.73. The van der Waals surface area contributed by atoms with Crippen molar-refractivity contribution in [3.63, 3.8) is 0 Å². The Morgan fingerprint density at radius 3 is 2.55 bits per heavy atom. The monoisotopic (exact) mass is 397 g/mol. The highest BCUT2D eigenvalue weighted by Crippen LogP contribution is 2.26. The molecule has 0 radical (unpaired) electrons. The maximum absolute atomic E-state index is 12.5. The Morgan fingerprint density at radius 1 is 1.17 bits per heavy atom. The van der Waals surface area contributed by atoms with Crippen molar-refractivity contribution < 1.29 is 19.0 Å². The lowest BCUT2D eigenvalue weighted by Gasteiger charge is -2.19. The second-order valence-electron chi connectivity index (χ2n) is 8.43. The van der Waals surface area contributed by atoms with Gasteiger partial charge in [-0.1, -0.05) is 32.9 Å². The summed E-state index contributed by atoms with van der Waals surface area (Å²) in [5.74, 6) is 1.37. The fourth-order valence-electron chi connectivity index (χ4n) is 3.36. The molecular weight excluding hydrogens is 366 g/mol. The molecule has 29 heavy (non-hydrogen) atoms. The van der Waals surface area contributed by atoms with E-state index in [1.54, 1.807) is 13.2 Å². The lowest BCUT2D eigenvalue weighted by atomic mass is 9.87. The first-order valence-electron chi connectivity index (χ1n) is 10.2. The lowest BCUT2D eigenvalue weighted by molar-refractivity contribution is 0.0857. The molecule has 1 aliphatic heterocycles. The van der Waals surface area contributed by atoms with Gasteiger partial charge < -0.3 is 19.5 Å². The van der Waals surface area contributed by atoms with Gasteiger partial charge in [0.15, 0.2) is 0 Å². The highest BCUT2D eigenvalue weighted by molar-refractivity contribution is 5.94. The van der Waals surface area contributed by atoms with Crippen molar-refractivity contribution in [3.05, 3.63) is 59.2 Å². The third-order valence-electron chi connectivity index (χ3n) is 5.17. The standard InChI is InChI=1S/C24H31NO4/c1-24(2,3)19-8-10-20(11-9-19)29-16-18-14-17(7-12-22(18)27-4)23(26)25-15-21-6-5-13-28-21/h7-12,14,21H,5-6,13,15-16H2,1-4H3,(H,25,26)/t21-/m1/s1. The van der Waals surface area contributed by atoms with Crippen molar-refractivity contribution in [1.29, 1.82) is 0 Å². The maximum Gasteiger partial charge on any atom is 0.251 e. The zero-order valence-electron chi connectivity index (χ0n) is 17.8. The Morgan fingerprint density at radius 2 is 1.93 bits per heavy atom. The van der Waals surface area contributed by atoms with Gasteiger partial charge in [0.25, 0.3) is 5.91 Å². The largest absolute Gasteiger partial charge is 0.496 e. The number of ether oxygens (including phenoxy) is 3. The maximum atomic E-state index is 12.5. The van der Waals surface area contributed by atoms with Crippen LogP contribution in [0.2, 0.25) is 0 Å². The summed E-state index contributed by atoms with van der Waals surface area (Å²) < 4.78 is 16.9. The topological polar surface area (TPSA) is 56.8 Å². The minimum Gasteiger partial charge on any atom is -0.496 e. The number of amides is 1. The number of carbonyl (C=O) groups is 1. The molecule has 1 saturated heterocycles. The molecule has 0 spiro atoms. The zero-order chi connectivity index (χ0) is 20.9. The first-order chi connectivity index (χ1) is 13.9. The molecule has 5 heteroatoms. The van der Waals surface area contributed by atoms with E-state index < -0.39 is 0 Å². The van der Waals surface area contributed by atoms with Gasteiger partial charge in [-0.05, 0) is 54.2 Å². The summed E-state index contributed by atoms with van der Waals surface area (Å²) in [6, 6.07) is 13.5. The van der Waals surface area contributed by atoms with Crippen molar-refractivity contribution in [2.45, 2.75) is 51.7 Å². The number of carbonyl (C=O) groups excluding carboxylic acids is 1. The summed E-state index contributed by atoms with van der Waals surface area (Å²) in [6.07, 6.45) is 2.17. The van der Waals surface area contributed by atoms with E-state index in [-0.39, 0.29) is 17.4 Å². The summed E-state index contributed by atoms with van der Waals surface area (Å²) in [4.78, 5) is 12.5. The Hall–Kier alpha value is -2.53. The Kier molecular flexibility index (Phi) is 6.80. The van der Waals surface area contributed by atoms with Crippen LogP contribution in [0.25, 0.3) is 0 Å². The molecule has 1 N–H and O–H groups in total. The van der Waals surface area contributed by atoms with Crippen LogP contribution in [0.3, 0.4) is 0 Å². The molecule has 1 aliphatic rings. The number of benzene rings is 2. The SMILES string of the molecule is COc1ccc(C(=O)NC[C@H]2CCCO2)cc1COc1ccc(C(C)(C)C)cc1. The quantitative estimate of drug-likeness (QED) is 0.748. The molecule has 0 aromatic heterocycles. The average Bonchev–Trinajstić information content (AvgIpc) is 3.23. The minimum absolute atomic E-state index is 0.104. The zero-order valence-corrected chi connectivity index (χ0v) is 17.8. The predicted octanol–water partition coefficient (Wildman–Crippen LogP) is 4.48. The highest BCUT2D eigenvalue weighted by Gasteiger charge is 2.18. The van der Waals surface area contributed by atoms with Crippen LogP contribution in [-0.2, 0) is 16.8 Å². The van der Waals surface area contributed by atoms with Crippen LogP contribution in [0.4, 0.5) is 0 Å². The number of nitrogens with one attached hydrogen (secondary N) is 1. The van der Waals surface area contributed by atoms with Crippen molar-refractivity contribution >= 4 is 5.91 Å². The van der Waals surface area contributed by atoms with E-state index in [2.05, 4.69) is 38.2 Å². The average molecular weight is 398 g/mol. The number of hydrogen-bond acceptors (Lipinski definition) is 4. The fraction of sp³-hybridized carbons (Fsp3) is 0.458. The molecule has 2 aromatic rings. The molecule has 1 fully saturated rings. The van der Waals surface area contributed by atoms with E-state index in [0.717, 1.165) is 30.8 Å². The number of hydrogen-bond donors (Lipinski definition) is 1. The molecule has 2 aromatic carbocycles. The molecule has 5 nitrogen and oxygen atoms in total. The van der Waals surface area contributed by atoms with E-state index in [1.807, 2.05) is 24.3 Å². The van der Waals surface area contributed by atoms with E-state index in [4.69, 9.17) is 14.2 Å². The number of rotatable bonds is 7. The van der Waals surface area contributed by atoms with Gasteiger partial charge in [-0.25, -0.2) is 0 Å². The van der Waals surface area contributed by atoms with Crippen molar-refractivity contribution in [2.24, 2.45) is 0 Å². The molecule has 0 unspecified atom stereocenters. The summed E-state index contributed by atoms with van der Waals surface area (Å²) in [7, 11) is 1.62. The van der Waals surface area contributed by atoms with Gasteiger partial charge >= 0.3 is 0 Å². The Labute approximate surface area is 173 Å². The van der Waals surface area contributed by atoms with Gasteiger partial charge in [-0.2, -0.15) is 0 Å². The van der Waals surface area contributed by atoms with Gasteiger partial charge in [0, 0.05) is 24.3 Å². The van der Waals surface area contributed by atoms with Crippen molar-refractivity contribution in [2.75, 3.05) is 20.3 Å². The highest BCUT2D eigenvalue weighted by atomic mass is 16.5. The van der Waals surface area contributed by atoms with Gasteiger partial charge in [0.1, 0.15) is 18.1 Å². The number of methoxy groups -OCH3 is 1. The molecule has 1 atom stereocenters. The fourth-order valence-corrected chi connectivity index (χ4v) is 3.36. The Bertz CT molecular complexity index is 818. The van der Waals surface area contributed by atoms with Gasteiger partial charge in [-0.15, -0.1) is 0 Å². The van der Waals surface area contributed by atoms with Crippen LogP contribution in [0.15, 0.2) is 42.5 Å². The molecule has 1 heterocycles. The van der Waals surface area contributed by atoms with Crippen LogP contribution >= 0.6 is 0 Å². The Balaban J connectivity index is 1.64. The third-order valence-corrected chi connectivity index (χ3v) is 5.17. The first kappa shape index (κ1) is 21.2. The first-order valence-corrected chi connectivity index (χ1v) is 10.2. The predicted molar refractivity (Wildman–Crippen MR) is 114 cm³/mol. The lowest BCUT2D eigenvalue weighted by Crippen LogP contribution is -2.31. The molecule has 0 aliphatic carbocycles. The van der Waals surface area contributed by atoms with Crippen LogP contribution in [-0.4, -0.2) is 32.3 Å². The molecule has 3 rings (SSSR count). The van der Waals surface area contributed by atoms with E-state index in [0.29, 0.717) is 24.5 Å². The molecule has 0 saturated carbocycles. The molecule has 1 amide bonds. The summed E-state index contributed by atoms with van der Waals surface area (Å²) >= 11 is 0. The summed E-state index contributed by atoms with van der Waals surface area (Å²) in [5, 5.41) is 2.95. The van der Waals surface area contributed by atoms with E-state index in [1.165, 1.54) is 5.56 Å². The normalized spacial score (nSPS) is 16.5. The van der Waals surface area contributed by atoms with Gasteiger partial charge in [0.05, 0.1) is 13.2 Å². The van der Waals surface area contributed by atoms with Crippen LogP contribution < -0.4 is 14.8 Å². The van der Waals surface area contributed by atoms with E-state index in [9.17, 15) is 4.79 Å². The summed E-state index contributed by atoms with van der Waals surface area (Å²) in [6.45, 7) is 8.19. The molecule has 156 valence electrons. The van der Waals surface area contributed by atoms with Gasteiger partial charge in [0.2, 0.25) is 0 Å². The van der Waals surface area contributed by atoms with Crippen LogP contribution in [0.5, 0.6) is 11.5 Å². The minimum atomic E-state index is -0.112. The van der Waals surface area contributed by atoms with E-state index >= 15 is 0 Å². The van der Waals surface area contributed by atoms with Crippen molar-refractivity contribution in [1.82, 2.24) is 5.32 Å². The van der Waals surface area contributed by atoms with Gasteiger partial charge in [-0.3, -0.25) is 4.79 Å². The van der Waals surface area contributed by atoms with Crippen LogP contribution in [0.1, 0.15) is 55.1 Å². The molecular formula is C24H31NO4.